The van der Waals surface area contributed by atoms with Crippen LogP contribution in [0.25, 0.3) is 0 Å². The fraction of sp³-hybridized carbons (Fsp3) is 0.357. The molecule has 1 aromatic carbocycles. The third-order valence-corrected chi connectivity index (χ3v) is 3.73. The molecule has 0 bridgehead atoms. The molecule has 0 amide bonds. The maximum absolute atomic E-state index is 12.2. The second-order valence-corrected chi connectivity index (χ2v) is 5.54. The van der Waals surface area contributed by atoms with Crippen LogP contribution in [0.2, 0.25) is 0 Å². The molecular formula is C14H18BrN3O. The minimum absolute atomic E-state index is 0.106. The van der Waals surface area contributed by atoms with Crippen molar-refractivity contribution in [3.05, 3.63) is 50.3 Å². The minimum atomic E-state index is -0.106. The van der Waals surface area contributed by atoms with E-state index < -0.39 is 0 Å². The number of nitrogen functional groups attached to an aromatic ring is 1. The predicted octanol–water partition coefficient (Wildman–Crippen LogP) is 2.53. The molecule has 0 fully saturated rings. The van der Waals surface area contributed by atoms with E-state index in [1.807, 2.05) is 36.0 Å². The molecule has 4 nitrogen and oxygen atoms in total. The lowest BCUT2D eigenvalue weighted by atomic mass is 10.2. The summed E-state index contributed by atoms with van der Waals surface area (Å²) in [6.07, 6.45) is 1.79. The summed E-state index contributed by atoms with van der Waals surface area (Å²) in [7, 11) is 1.89. The quantitative estimate of drug-likeness (QED) is 0.940. The van der Waals surface area contributed by atoms with E-state index >= 15 is 0 Å². The van der Waals surface area contributed by atoms with Gasteiger partial charge in [-0.2, -0.15) is 0 Å². The SMILES string of the molecule is CCCc1c(N)c(=O)n(Cc2cccc(Br)c2)n1C. The van der Waals surface area contributed by atoms with Crippen molar-refractivity contribution < 1.29 is 0 Å². The normalized spacial score (nSPS) is 10.9. The third-order valence-electron chi connectivity index (χ3n) is 3.24. The van der Waals surface area contributed by atoms with Gasteiger partial charge in [0, 0.05) is 11.5 Å². The van der Waals surface area contributed by atoms with Gasteiger partial charge in [0.25, 0.3) is 5.56 Å². The van der Waals surface area contributed by atoms with E-state index in [0.717, 1.165) is 28.6 Å². The Morgan fingerprint density at radius 3 is 2.74 bits per heavy atom. The molecule has 2 rings (SSSR count). The van der Waals surface area contributed by atoms with Gasteiger partial charge in [0.05, 0.1) is 12.2 Å². The van der Waals surface area contributed by atoms with Crippen molar-refractivity contribution >= 4 is 21.6 Å². The summed E-state index contributed by atoms with van der Waals surface area (Å²) < 4.78 is 4.57. The summed E-state index contributed by atoms with van der Waals surface area (Å²) in [5.74, 6) is 0. The second kappa shape index (κ2) is 5.65. The molecule has 5 heteroatoms. The van der Waals surface area contributed by atoms with Crippen molar-refractivity contribution in [3.8, 4) is 0 Å². The highest BCUT2D eigenvalue weighted by Crippen LogP contribution is 2.14. The predicted molar refractivity (Wildman–Crippen MR) is 81.3 cm³/mol. The number of hydrogen-bond acceptors (Lipinski definition) is 2. The Kier molecular flexibility index (Phi) is 4.14. The molecule has 0 saturated heterocycles. The molecule has 0 aliphatic carbocycles. The first-order valence-corrected chi connectivity index (χ1v) is 7.12. The summed E-state index contributed by atoms with van der Waals surface area (Å²) in [4.78, 5) is 12.2. The Labute approximate surface area is 120 Å². The van der Waals surface area contributed by atoms with Crippen LogP contribution >= 0.6 is 15.9 Å². The highest BCUT2D eigenvalue weighted by atomic mass is 79.9. The lowest BCUT2D eigenvalue weighted by Gasteiger charge is -2.10. The van der Waals surface area contributed by atoms with Gasteiger partial charge in [0.1, 0.15) is 5.69 Å². The molecule has 0 unspecified atom stereocenters. The molecule has 0 radical (unpaired) electrons. The fourth-order valence-corrected chi connectivity index (χ4v) is 2.68. The first-order valence-electron chi connectivity index (χ1n) is 6.33. The van der Waals surface area contributed by atoms with E-state index in [-0.39, 0.29) is 5.56 Å². The zero-order valence-corrected chi connectivity index (χ0v) is 12.8. The van der Waals surface area contributed by atoms with E-state index in [0.29, 0.717) is 12.2 Å². The van der Waals surface area contributed by atoms with Crippen molar-refractivity contribution in [2.45, 2.75) is 26.3 Å². The number of aromatic nitrogens is 2. The van der Waals surface area contributed by atoms with E-state index in [1.54, 1.807) is 4.68 Å². The lowest BCUT2D eigenvalue weighted by Crippen LogP contribution is -2.23. The molecule has 0 spiro atoms. The summed E-state index contributed by atoms with van der Waals surface area (Å²) >= 11 is 3.44. The zero-order chi connectivity index (χ0) is 14.0. The standard InChI is InChI=1S/C14H18BrN3O/c1-3-5-12-13(16)14(19)18(17(12)2)9-10-6-4-7-11(15)8-10/h4,6-8H,3,5,9,16H2,1-2H3. The van der Waals surface area contributed by atoms with Crippen molar-refractivity contribution in [1.82, 2.24) is 9.36 Å². The van der Waals surface area contributed by atoms with Crippen LogP contribution in [0.3, 0.4) is 0 Å². The molecule has 2 N–H and O–H groups in total. The number of nitrogens with zero attached hydrogens (tertiary/aromatic N) is 2. The minimum Gasteiger partial charge on any atom is -0.393 e. The van der Waals surface area contributed by atoms with Crippen LogP contribution in [0, 0.1) is 0 Å². The van der Waals surface area contributed by atoms with Crippen LogP contribution in [-0.2, 0) is 20.0 Å². The summed E-state index contributed by atoms with van der Waals surface area (Å²) in [5.41, 5.74) is 8.17. The Bertz CT molecular complexity index is 643. The van der Waals surface area contributed by atoms with Gasteiger partial charge in [-0.3, -0.25) is 9.48 Å². The Balaban J connectivity index is 2.41. The number of anilines is 1. The molecule has 102 valence electrons. The average Bonchev–Trinajstić information content (AvgIpc) is 2.57. The molecule has 0 saturated carbocycles. The molecule has 2 aromatic rings. The van der Waals surface area contributed by atoms with Gasteiger partial charge in [-0.15, -0.1) is 0 Å². The number of halogens is 1. The maximum Gasteiger partial charge on any atom is 0.290 e. The Morgan fingerprint density at radius 2 is 2.11 bits per heavy atom. The second-order valence-electron chi connectivity index (χ2n) is 4.63. The fourth-order valence-electron chi connectivity index (χ4n) is 2.24. The van der Waals surface area contributed by atoms with Gasteiger partial charge in [-0.1, -0.05) is 41.4 Å². The van der Waals surface area contributed by atoms with E-state index in [2.05, 4.69) is 22.9 Å². The van der Waals surface area contributed by atoms with Gasteiger partial charge in [0.15, 0.2) is 0 Å². The van der Waals surface area contributed by atoms with Crippen LogP contribution in [0.15, 0.2) is 33.5 Å². The Hall–Kier alpha value is -1.49. The zero-order valence-electron chi connectivity index (χ0n) is 11.2. The Morgan fingerprint density at radius 1 is 1.37 bits per heavy atom. The summed E-state index contributed by atoms with van der Waals surface area (Å²) in [6.45, 7) is 2.61. The largest absolute Gasteiger partial charge is 0.393 e. The van der Waals surface area contributed by atoms with Crippen LogP contribution < -0.4 is 11.3 Å². The van der Waals surface area contributed by atoms with E-state index in [9.17, 15) is 4.79 Å². The molecule has 0 aliphatic rings. The molecule has 0 atom stereocenters. The molecule has 1 heterocycles. The van der Waals surface area contributed by atoms with E-state index in [4.69, 9.17) is 5.73 Å². The van der Waals surface area contributed by atoms with Crippen molar-refractivity contribution in [3.63, 3.8) is 0 Å². The first kappa shape index (κ1) is 13.9. The summed E-state index contributed by atoms with van der Waals surface area (Å²) in [5, 5.41) is 0. The summed E-state index contributed by atoms with van der Waals surface area (Å²) in [6, 6.07) is 7.94. The van der Waals surface area contributed by atoms with E-state index in [1.165, 1.54) is 0 Å². The third kappa shape index (κ3) is 2.76. The van der Waals surface area contributed by atoms with Crippen LogP contribution in [0.5, 0.6) is 0 Å². The molecular weight excluding hydrogens is 306 g/mol. The van der Waals surface area contributed by atoms with Crippen LogP contribution in [-0.4, -0.2) is 9.36 Å². The van der Waals surface area contributed by atoms with Gasteiger partial charge in [-0.25, -0.2) is 4.68 Å². The first-order chi connectivity index (χ1) is 9.04. The maximum atomic E-state index is 12.2. The van der Waals surface area contributed by atoms with Crippen molar-refractivity contribution in [2.75, 3.05) is 5.73 Å². The number of nitrogens with two attached hydrogens (primary N) is 1. The number of hydrogen-bond donors (Lipinski definition) is 1. The monoisotopic (exact) mass is 323 g/mol. The van der Waals surface area contributed by atoms with Crippen molar-refractivity contribution in [1.29, 1.82) is 0 Å². The smallest absolute Gasteiger partial charge is 0.290 e. The van der Waals surface area contributed by atoms with Crippen LogP contribution in [0.4, 0.5) is 5.69 Å². The van der Waals surface area contributed by atoms with Gasteiger partial charge in [-0.05, 0) is 24.1 Å². The van der Waals surface area contributed by atoms with Gasteiger partial charge >= 0.3 is 0 Å². The van der Waals surface area contributed by atoms with Crippen molar-refractivity contribution in [2.24, 2.45) is 7.05 Å². The van der Waals surface area contributed by atoms with Gasteiger partial charge < -0.3 is 5.73 Å². The van der Waals surface area contributed by atoms with Crippen LogP contribution in [0.1, 0.15) is 24.6 Å². The molecule has 1 aromatic heterocycles. The molecule has 0 aliphatic heterocycles. The lowest BCUT2D eigenvalue weighted by molar-refractivity contribution is 0.516. The highest BCUT2D eigenvalue weighted by molar-refractivity contribution is 9.10. The average molecular weight is 324 g/mol. The topological polar surface area (TPSA) is 53.0 Å². The number of rotatable bonds is 4. The number of benzene rings is 1. The molecule has 19 heavy (non-hydrogen) atoms. The highest BCUT2D eigenvalue weighted by Gasteiger charge is 2.14. The van der Waals surface area contributed by atoms with Gasteiger partial charge in [0.2, 0.25) is 0 Å².